The monoisotopic (exact) mass is 509 g/mol. The molecule has 2 aromatic rings. The molecule has 0 radical (unpaired) electrons. The van der Waals surface area contributed by atoms with Gasteiger partial charge < -0.3 is 14.6 Å². The highest BCUT2D eigenvalue weighted by atomic mass is 79.9. The smallest absolute Gasteiger partial charge is 0.204 e. The fourth-order valence-corrected chi connectivity index (χ4v) is 4.49. The molecule has 2 rings (SSSR count). The molecular formula is C25H37BrClN3O. The van der Waals surface area contributed by atoms with E-state index in [1.165, 1.54) is 31.2 Å². The maximum atomic E-state index is 6.51. The van der Waals surface area contributed by atoms with Crippen molar-refractivity contribution in [2.24, 2.45) is 7.05 Å². The molecule has 0 bridgehead atoms. The molecule has 1 heterocycles. The molecule has 0 saturated carbocycles. The summed E-state index contributed by atoms with van der Waals surface area (Å²) < 4.78 is 8.65. The van der Waals surface area contributed by atoms with Crippen molar-refractivity contribution < 1.29 is 4.74 Å². The standard InChI is InChI=1S/C23H33BrClN3O.C2H4/c1-6-9-16(10-7-2)19-12-13-20(25)21-22(19)28(4)23(27-21)26-15-18(29-5)14-17(24)11-8-3;1-2/h11-14,16H,6-10,15H2,1-5H3,(H,26,27);1-2H2/b17-11+,18-14+;. The molecule has 0 aliphatic rings. The normalized spacial score (nSPS) is 12.1. The Labute approximate surface area is 201 Å². The molecule has 0 aliphatic heterocycles. The summed E-state index contributed by atoms with van der Waals surface area (Å²) in [5.74, 6) is 2.15. The van der Waals surface area contributed by atoms with Gasteiger partial charge in [0, 0.05) is 11.5 Å². The van der Waals surface area contributed by atoms with Gasteiger partial charge in [0.25, 0.3) is 0 Å². The minimum atomic E-state index is 0.526. The zero-order chi connectivity index (χ0) is 23.4. The molecule has 1 aromatic carbocycles. The third-order valence-electron chi connectivity index (χ3n) is 5.10. The largest absolute Gasteiger partial charge is 0.499 e. The molecule has 6 heteroatoms. The van der Waals surface area contributed by atoms with Crippen LogP contribution in [0.5, 0.6) is 0 Å². The molecule has 1 aromatic heterocycles. The van der Waals surface area contributed by atoms with E-state index < -0.39 is 0 Å². The second kappa shape index (κ2) is 14.4. The first kappa shape index (κ1) is 27.3. The average molecular weight is 511 g/mol. The number of anilines is 1. The van der Waals surface area contributed by atoms with Gasteiger partial charge in [-0.2, -0.15) is 0 Å². The Morgan fingerprint density at radius 3 is 2.45 bits per heavy atom. The van der Waals surface area contributed by atoms with E-state index in [2.05, 4.69) is 78.9 Å². The summed E-state index contributed by atoms with van der Waals surface area (Å²) in [6, 6.07) is 4.17. The molecule has 31 heavy (non-hydrogen) atoms. The number of rotatable bonds is 11. The van der Waals surface area contributed by atoms with Crippen LogP contribution in [0.3, 0.4) is 0 Å². The average Bonchev–Trinajstić information content (AvgIpc) is 3.10. The first-order valence-electron chi connectivity index (χ1n) is 11.0. The number of aromatic nitrogens is 2. The second-order valence-corrected chi connectivity index (χ2v) is 8.59. The number of allylic oxidation sites excluding steroid dienone is 3. The molecule has 0 unspecified atom stereocenters. The van der Waals surface area contributed by atoms with Gasteiger partial charge in [-0.05, 0) is 42.9 Å². The summed E-state index contributed by atoms with van der Waals surface area (Å²) in [7, 11) is 3.74. The zero-order valence-electron chi connectivity index (χ0n) is 19.6. The van der Waals surface area contributed by atoms with Crippen LogP contribution in [-0.4, -0.2) is 23.2 Å². The van der Waals surface area contributed by atoms with Crippen LogP contribution in [0.2, 0.25) is 5.02 Å². The van der Waals surface area contributed by atoms with Gasteiger partial charge >= 0.3 is 0 Å². The summed E-state index contributed by atoms with van der Waals surface area (Å²) in [5.41, 5.74) is 3.33. The number of fused-ring (bicyclic) bond motifs is 1. The lowest BCUT2D eigenvalue weighted by Gasteiger charge is -2.18. The van der Waals surface area contributed by atoms with Crippen molar-refractivity contribution >= 4 is 44.5 Å². The molecule has 0 fully saturated rings. The van der Waals surface area contributed by atoms with Crippen molar-refractivity contribution in [1.82, 2.24) is 9.55 Å². The lowest BCUT2D eigenvalue weighted by atomic mass is 9.89. The molecule has 1 N–H and O–H groups in total. The Hall–Kier alpha value is -1.72. The first-order valence-corrected chi connectivity index (χ1v) is 12.1. The first-order chi connectivity index (χ1) is 15.0. The van der Waals surface area contributed by atoms with Gasteiger partial charge in [-0.3, -0.25) is 0 Å². The molecule has 0 atom stereocenters. The van der Waals surface area contributed by atoms with E-state index in [-0.39, 0.29) is 0 Å². The van der Waals surface area contributed by atoms with Crippen molar-refractivity contribution in [2.45, 2.75) is 58.8 Å². The topological polar surface area (TPSA) is 39.1 Å². The Morgan fingerprint density at radius 1 is 1.26 bits per heavy atom. The molecule has 0 spiro atoms. The number of halogens is 2. The van der Waals surface area contributed by atoms with Gasteiger partial charge in [0.05, 0.1) is 24.2 Å². The number of aryl methyl sites for hydroxylation is 1. The third-order valence-corrected chi connectivity index (χ3v) is 5.96. The van der Waals surface area contributed by atoms with Gasteiger partial charge in [0.1, 0.15) is 11.3 Å². The Kier molecular flexibility index (Phi) is 12.7. The van der Waals surface area contributed by atoms with Crippen LogP contribution in [0.1, 0.15) is 64.4 Å². The highest BCUT2D eigenvalue weighted by Gasteiger charge is 2.20. The van der Waals surface area contributed by atoms with Crippen LogP contribution in [0.4, 0.5) is 5.95 Å². The van der Waals surface area contributed by atoms with E-state index in [1.807, 2.05) is 12.1 Å². The maximum Gasteiger partial charge on any atom is 0.204 e. The van der Waals surface area contributed by atoms with Crippen LogP contribution >= 0.6 is 27.5 Å². The van der Waals surface area contributed by atoms with E-state index in [0.717, 1.165) is 33.6 Å². The van der Waals surface area contributed by atoms with Crippen LogP contribution in [0.15, 0.2) is 47.7 Å². The Morgan fingerprint density at radius 2 is 1.90 bits per heavy atom. The number of hydrogen-bond acceptors (Lipinski definition) is 3. The Bertz CT molecular complexity index is 883. The molecule has 4 nitrogen and oxygen atoms in total. The lowest BCUT2D eigenvalue weighted by Crippen LogP contribution is -2.10. The van der Waals surface area contributed by atoms with E-state index in [9.17, 15) is 0 Å². The summed E-state index contributed by atoms with van der Waals surface area (Å²) >= 11 is 10.1. The third kappa shape index (κ3) is 7.43. The van der Waals surface area contributed by atoms with Gasteiger partial charge in [-0.25, -0.2) is 4.98 Å². The zero-order valence-corrected chi connectivity index (χ0v) is 21.9. The van der Waals surface area contributed by atoms with Crippen molar-refractivity contribution in [1.29, 1.82) is 0 Å². The summed E-state index contributed by atoms with van der Waals surface area (Å²) in [5, 5.41) is 4.10. The number of ether oxygens (including phenoxy) is 1. The molecule has 172 valence electrons. The number of imidazole rings is 1. The SMILES string of the molecule is C=C.CC/C=C(Br)\C=C(/CNc1nc2c(Cl)ccc(C(CCC)CCC)c2n1C)OC. The summed E-state index contributed by atoms with van der Waals surface area (Å²) in [6.07, 6.45) is 9.72. The number of nitrogens with one attached hydrogen (secondary N) is 1. The summed E-state index contributed by atoms with van der Waals surface area (Å²) in [6.45, 7) is 13.1. The summed E-state index contributed by atoms with van der Waals surface area (Å²) in [4.78, 5) is 4.81. The van der Waals surface area contributed by atoms with E-state index >= 15 is 0 Å². The number of methoxy groups -OCH3 is 1. The van der Waals surface area contributed by atoms with Crippen molar-refractivity contribution in [3.05, 3.63) is 58.3 Å². The van der Waals surface area contributed by atoms with Crippen LogP contribution in [-0.2, 0) is 11.8 Å². The van der Waals surface area contributed by atoms with Gasteiger partial charge in [0.15, 0.2) is 0 Å². The van der Waals surface area contributed by atoms with Gasteiger partial charge in [-0.15, -0.1) is 13.2 Å². The van der Waals surface area contributed by atoms with Crippen LogP contribution in [0, 0.1) is 0 Å². The molecule has 0 amide bonds. The van der Waals surface area contributed by atoms with E-state index in [1.54, 1.807) is 7.11 Å². The quantitative estimate of drug-likeness (QED) is 0.187. The van der Waals surface area contributed by atoms with Crippen molar-refractivity contribution in [3.63, 3.8) is 0 Å². The van der Waals surface area contributed by atoms with Gasteiger partial charge in [-0.1, -0.05) is 73.3 Å². The fourth-order valence-electron chi connectivity index (χ4n) is 3.71. The predicted molar refractivity (Wildman–Crippen MR) is 140 cm³/mol. The minimum absolute atomic E-state index is 0.526. The highest BCUT2D eigenvalue weighted by Crippen LogP contribution is 2.36. The predicted octanol–water partition coefficient (Wildman–Crippen LogP) is 8.34. The van der Waals surface area contributed by atoms with Crippen LogP contribution < -0.4 is 5.32 Å². The van der Waals surface area contributed by atoms with Crippen molar-refractivity contribution in [3.8, 4) is 0 Å². The van der Waals surface area contributed by atoms with E-state index in [4.69, 9.17) is 21.3 Å². The number of hydrogen-bond donors (Lipinski definition) is 1. The number of benzene rings is 1. The van der Waals surface area contributed by atoms with Crippen LogP contribution in [0.25, 0.3) is 11.0 Å². The Balaban J connectivity index is 0.00000233. The maximum absolute atomic E-state index is 6.51. The minimum Gasteiger partial charge on any atom is -0.499 e. The fraction of sp³-hybridized carbons (Fsp3) is 0.480. The van der Waals surface area contributed by atoms with Crippen molar-refractivity contribution in [2.75, 3.05) is 19.0 Å². The van der Waals surface area contributed by atoms with E-state index in [0.29, 0.717) is 17.5 Å². The molecule has 0 aliphatic carbocycles. The lowest BCUT2D eigenvalue weighted by molar-refractivity contribution is 0.289. The number of nitrogens with zero attached hydrogens (tertiary/aromatic N) is 2. The highest BCUT2D eigenvalue weighted by molar-refractivity contribution is 9.11. The molecule has 0 saturated heterocycles. The second-order valence-electron chi connectivity index (χ2n) is 7.27. The molecular weight excluding hydrogens is 474 g/mol. The van der Waals surface area contributed by atoms with Gasteiger partial charge in [0.2, 0.25) is 5.95 Å².